The van der Waals surface area contributed by atoms with Crippen LogP contribution < -0.4 is 0 Å². The third-order valence-electron chi connectivity index (χ3n) is 4.84. The van der Waals surface area contributed by atoms with E-state index in [1.54, 1.807) is 0 Å². The van der Waals surface area contributed by atoms with Gasteiger partial charge in [0.15, 0.2) is 0 Å². The highest BCUT2D eigenvalue weighted by Crippen LogP contribution is 2.62. The molecule has 2 saturated carbocycles. The Bertz CT molecular complexity index is 399. The second-order valence-corrected chi connectivity index (χ2v) is 6.28. The number of alkyl halides is 2. The lowest BCUT2D eigenvalue weighted by Gasteiger charge is -2.25. The first-order chi connectivity index (χ1) is 8.85. The number of hydrogen-bond donors (Lipinski definition) is 0. The average molecular weight is 268 g/mol. The normalized spacial score (nSPS) is 34.6. The van der Waals surface area contributed by atoms with Crippen molar-refractivity contribution in [3.63, 3.8) is 0 Å². The van der Waals surface area contributed by atoms with Crippen LogP contribution in [0.2, 0.25) is 0 Å². The number of allylic oxidation sites excluding steroid dienone is 1. The highest BCUT2D eigenvalue weighted by Gasteiger charge is 2.52. The van der Waals surface area contributed by atoms with Crippen LogP contribution in [0.4, 0.5) is 8.78 Å². The third-order valence-corrected chi connectivity index (χ3v) is 4.84. The first-order valence-electron chi connectivity index (χ1n) is 6.83. The Kier molecular flexibility index (Phi) is 3.63. The summed E-state index contributed by atoms with van der Waals surface area (Å²) in [4.78, 5) is 7.76. The van der Waals surface area contributed by atoms with Crippen molar-refractivity contribution in [1.29, 1.82) is 0 Å². The van der Waals surface area contributed by atoms with E-state index in [-0.39, 0.29) is 23.1 Å². The van der Waals surface area contributed by atoms with E-state index in [9.17, 15) is 8.78 Å². The zero-order valence-electron chi connectivity index (χ0n) is 11.6. The fraction of sp³-hybridized carbons (Fsp3) is 0.733. The van der Waals surface area contributed by atoms with Crippen molar-refractivity contribution in [2.24, 2.45) is 20.8 Å². The monoisotopic (exact) mass is 268 g/mol. The molecule has 0 aliphatic heterocycles. The van der Waals surface area contributed by atoms with Crippen molar-refractivity contribution in [3.8, 4) is 0 Å². The lowest BCUT2D eigenvalue weighted by molar-refractivity contribution is 0.0984. The predicted molar refractivity (Wildman–Crippen MR) is 75.5 cm³/mol. The minimum atomic E-state index is -2.90. The molecule has 4 heteroatoms. The van der Waals surface area contributed by atoms with E-state index in [0.29, 0.717) is 6.54 Å². The van der Waals surface area contributed by atoms with Crippen LogP contribution in [0.1, 0.15) is 39.0 Å². The molecule has 2 rings (SSSR count). The van der Waals surface area contributed by atoms with Gasteiger partial charge in [-0.05, 0) is 49.7 Å². The molecule has 0 aromatic rings. The molecule has 106 valence electrons. The number of fused-ring (bicyclic) bond motifs is 2. The molecule has 2 aliphatic carbocycles. The molecule has 0 spiro atoms. The molecular weight excluding hydrogens is 246 g/mol. The maximum absolute atomic E-state index is 13.4. The van der Waals surface area contributed by atoms with Crippen molar-refractivity contribution in [3.05, 3.63) is 12.7 Å². The van der Waals surface area contributed by atoms with E-state index >= 15 is 0 Å². The van der Waals surface area contributed by atoms with Crippen LogP contribution in [0.25, 0.3) is 0 Å². The number of halogens is 2. The Labute approximate surface area is 113 Å². The quantitative estimate of drug-likeness (QED) is 0.515. The van der Waals surface area contributed by atoms with Crippen LogP contribution in [0.15, 0.2) is 22.6 Å². The van der Waals surface area contributed by atoms with Gasteiger partial charge in [-0.1, -0.05) is 6.08 Å². The molecule has 0 radical (unpaired) electrons. The second-order valence-electron chi connectivity index (χ2n) is 6.28. The number of hydrogen-bond acceptors (Lipinski definition) is 2. The zero-order chi connectivity index (χ0) is 14.1. The molecule has 2 aliphatic rings. The van der Waals surface area contributed by atoms with E-state index in [1.165, 1.54) is 0 Å². The standard InChI is InChI=1S/C15H22F2N2/c1-4-14-5-7-15(10-14,8-6-14)11-19-12(9-18-3)13(2,16)17/h4H,1,3,5-11H2,2H3. The largest absolute Gasteiger partial charge is 0.295 e. The fourth-order valence-corrected chi connectivity index (χ4v) is 3.57. The van der Waals surface area contributed by atoms with Crippen molar-refractivity contribution in [2.75, 3.05) is 13.1 Å². The first kappa shape index (κ1) is 14.4. The molecule has 0 amide bonds. The van der Waals surface area contributed by atoms with Crippen molar-refractivity contribution in [1.82, 2.24) is 0 Å². The molecule has 19 heavy (non-hydrogen) atoms. The molecule has 0 aromatic carbocycles. The summed E-state index contributed by atoms with van der Waals surface area (Å²) in [6.45, 7) is 8.52. The number of nitrogens with zero attached hydrogens (tertiary/aromatic N) is 2. The van der Waals surface area contributed by atoms with Crippen LogP contribution in [0.5, 0.6) is 0 Å². The molecule has 2 nitrogen and oxygen atoms in total. The van der Waals surface area contributed by atoms with Gasteiger partial charge in [-0.2, -0.15) is 0 Å². The summed E-state index contributed by atoms with van der Waals surface area (Å²) in [6, 6.07) is 0. The average Bonchev–Trinajstić information content (AvgIpc) is 2.90. The predicted octanol–water partition coefficient (Wildman–Crippen LogP) is 3.92. The van der Waals surface area contributed by atoms with Gasteiger partial charge >= 0.3 is 0 Å². The number of aliphatic imine (C=N–C) groups is 2. The second kappa shape index (κ2) is 4.80. The summed E-state index contributed by atoms with van der Waals surface area (Å²) in [5.41, 5.74) is 0.229. The van der Waals surface area contributed by atoms with E-state index in [1.807, 2.05) is 0 Å². The van der Waals surface area contributed by atoms with E-state index in [4.69, 9.17) is 0 Å². The van der Waals surface area contributed by atoms with Crippen molar-refractivity contribution < 1.29 is 8.78 Å². The molecule has 0 unspecified atom stereocenters. The maximum atomic E-state index is 13.4. The van der Waals surface area contributed by atoms with Gasteiger partial charge in [-0.25, -0.2) is 8.78 Å². The Balaban J connectivity index is 2.09. The van der Waals surface area contributed by atoms with Gasteiger partial charge in [0.05, 0.1) is 6.54 Å². The van der Waals surface area contributed by atoms with Gasteiger partial charge in [0.2, 0.25) is 0 Å². The van der Waals surface area contributed by atoms with Crippen molar-refractivity contribution >= 4 is 12.4 Å². The molecular formula is C15H22F2N2. The van der Waals surface area contributed by atoms with Gasteiger partial charge in [0, 0.05) is 13.5 Å². The topological polar surface area (TPSA) is 24.7 Å². The van der Waals surface area contributed by atoms with Crippen molar-refractivity contribution in [2.45, 2.75) is 45.0 Å². The van der Waals surface area contributed by atoms with Crippen LogP contribution in [-0.4, -0.2) is 31.4 Å². The van der Waals surface area contributed by atoms with Gasteiger partial charge in [0.1, 0.15) is 5.71 Å². The summed E-state index contributed by atoms with van der Waals surface area (Å²) in [5, 5.41) is 0. The van der Waals surface area contributed by atoms with Crippen LogP contribution >= 0.6 is 0 Å². The summed E-state index contributed by atoms with van der Waals surface area (Å²) in [7, 11) is 0. The highest BCUT2D eigenvalue weighted by molar-refractivity contribution is 5.92. The summed E-state index contributed by atoms with van der Waals surface area (Å²) < 4.78 is 26.8. The van der Waals surface area contributed by atoms with Crippen LogP contribution in [-0.2, 0) is 0 Å². The van der Waals surface area contributed by atoms with Gasteiger partial charge in [0.25, 0.3) is 5.92 Å². The Morgan fingerprint density at radius 3 is 2.37 bits per heavy atom. The smallest absolute Gasteiger partial charge is 0.284 e. The van der Waals surface area contributed by atoms with Crippen LogP contribution in [0.3, 0.4) is 0 Å². The Morgan fingerprint density at radius 1 is 1.32 bits per heavy atom. The van der Waals surface area contributed by atoms with Crippen LogP contribution in [0, 0.1) is 10.8 Å². The van der Waals surface area contributed by atoms with E-state index in [2.05, 4.69) is 29.4 Å². The van der Waals surface area contributed by atoms with E-state index in [0.717, 1.165) is 39.0 Å². The molecule has 2 fully saturated rings. The molecule has 0 aromatic heterocycles. The number of rotatable bonds is 6. The Hall–Kier alpha value is -1.06. The highest BCUT2D eigenvalue weighted by atomic mass is 19.3. The summed E-state index contributed by atoms with van der Waals surface area (Å²) in [5.74, 6) is -2.90. The third kappa shape index (κ3) is 2.77. The zero-order valence-corrected chi connectivity index (χ0v) is 11.6. The summed E-state index contributed by atoms with van der Waals surface area (Å²) >= 11 is 0. The molecule has 0 heterocycles. The maximum Gasteiger partial charge on any atom is 0.284 e. The summed E-state index contributed by atoms with van der Waals surface area (Å²) in [6.07, 6.45) is 7.52. The minimum Gasteiger partial charge on any atom is -0.295 e. The SMILES string of the molecule is C=CC12CCC(CN=C(CN=C)C(C)(F)F)(CC1)C2. The van der Waals surface area contributed by atoms with E-state index < -0.39 is 5.92 Å². The lowest BCUT2D eigenvalue weighted by atomic mass is 9.82. The van der Waals surface area contributed by atoms with Gasteiger partial charge < -0.3 is 0 Å². The first-order valence-corrected chi connectivity index (χ1v) is 6.83. The molecule has 0 saturated heterocycles. The lowest BCUT2D eigenvalue weighted by Crippen LogP contribution is -2.29. The molecule has 0 N–H and O–H groups in total. The Morgan fingerprint density at radius 2 is 1.95 bits per heavy atom. The fourth-order valence-electron chi connectivity index (χ4n) is 3.57. The molecule has 2 bridgehead atoms. The van der Waals surface area contributed by atoms with Gasteiger partial charge in [-0.15, -0.1) is 6.58 Å². The molecule has 0 atom stereocenters. The minimum absolute atomic E-state index is 0.0772. The van der Waals surface area contributed by atoms with Gasteiger partial charge in [-0.3, -0.25) is 9.98 Å².